The third-order valence-electron chi connectivity index (χ3n) is 2.90. The van der Waals surface area contributed by atoms with Gasteiger partial charge in [0.1, 0.15) is 23.7 Å². The van der Waals surface area contributed by atoms with Crippen LogP contribution < -0.4 is 5.56 Å². The van der Waals surface area contributed by atoms with Gasteiger partial charge in [-0.15, -0.1) is 11.3 Å². The zero-order valence-corrected chi connectivity index (χ0v) is 12.5. The maximum absolute atomic E-state index is 11.7. The smallest absolute Gasteiger partial charge is 0.326 e. The van der Waals surface area contributed by atoms with Crippen LogP contribution in [0, 0.1) is 0 Å². The van der Waals surface area contributed by atoms with Crippen LogP contribution >= 0.6 is 23.1 Å². The van der Waals surface area contributed by atoms with E-state index in [0.717, 1.165) is 0 Å². The minimum atomic E-state index is -0.515. The molecule has 2 aromatic rings. The molecule has 0 bridgehead atoms. The van der Waals surface area contributed by atoms with E-state index >= 15 is 0 Å². The Kier molecular flexibility index (Phi) is 3.93. The molecule has 1 aliphatic heterocycles. The number of fused-ring (bicyclic) bond motifs is 1. The Morgan fingerprint density at radius 1 is 1.48 bits per heavy atom. The van der Waals surface area contributed by atoms with E-state index in [-0.39, 0.29) is 24.0 Å². The van der Waals surface area contributed by atoms with Gasteiger partial charge in [0.05, 0.1) is 5.52 Å². The summed E-state index contributed by atoms with van der Waals surface area (Å²) in [6.07, 6.45) is 0. The highest BCUT2D eigenvalue weighted by atomic mass is 32.2. The molecular formula is C12H11N3O4S2. The molecule has 9 heteroatoms. The Hall–Kier alpha value is -1.87. The van der Waals surface area contributed by atoms with Crippen molar-refractivity contribution in [3.05, 3.63) is 27.6 Å². The van der Waals surface area contributed by atoms with Crippen LogP contribution in [0.3, 0.4) is 0 Å². The predicted octanol–water partition coefficient (Wildman–Crippen LogP) is 1.20. The molecule has 3 rings (SSSR count). The van der Waals surface area contributed by atoms with Crippen LogP contribution in [0.2, 0.25) is 0 Å². The summed E-state index contributed by atoms with van der Waals surface area (Å²) in [6, 6.07) is 1.74. The fourth-order valence-corrected chi connectivity index (χ4v) is 3.46. The quantitative estimate of drug-likeness (QED) is 0.849. The number of aromatic nitrogens is 2. The van der Waals surface area contributed by atoms with Crippen molar-refractivity contribution in [3.8, 4) is 0 Å². The zero-order valence-electron chi connectivity index (χ0n) is 10.8. The van der Waals surface area contributed by atoms with Gasteiger partial charge in [-0.25, -0.2) is 4.98 Å². The fraction of sp³-hybridized carbons (Fsp3) is 0.333. The van der Waals surface area contributed by atoms with Crippen LogP contribution in [0.5, 0.6) is 0 Å². The molecule has 0 unspecified atom stereocenters. The number of rotatable bonds is 4. The standard InChI is InChI=1S/C12H11N3O4S2/c16-9(5-15-2-4-21-12(15)18)19-6-8-13-7-1-3-20-10(7)11(17)14-8/h1,3H,2,4-6H2,(H,13,14,17). The maximum Gasteiger partial charge on any atom is 0.326 e. The number of aromatic amines is 1. The van der Waals surface area contributed by atoms with Gasteiger partial charge < -0.3 is 14.6 Å². The van der Waals surface area contributed by atoms with Crippen LogP contribution in [0.1, 0.15) is 5.82 Å². The SMILES string of the molecule is O=C(CN1CCSC1=O)OCc1nc2ccsc2c(=O)[nH]1. The van der Waals surface area contributed by atoms with E-state index in [1.807, 2.05) is 0 Å². The second kappa shape index (κ2) is 5.86. The normalized spacial score (nSPS) is 14.9. The van der Waals surface area contributed by atoms with Crippen molar-refractivity contribution < 1.29 is 14.3 Å². The molecule has 110 valence electrons. The second-order valence-corrected chi connectivity index (χ2v) is 6.31. The Labute approximate surface area is 127 Å². The number of nitrogens with zero attached hydrogens (tertiary/aromatic N) is 2. The number of hydrogen-bond donors (Lipinski definition) is 1. The summed E-state index contributed by atoms with van der Waals surface area (Å²) in [4.78, 5) is 43.0. The third kappa shape index (κ3) is 3.08. The summed E-state index contributed by atoms with van der Waals surface area (Å²) in [5.74, 6) is 0.468. The fourth-order valence-electron chi connectivity index (χ4n) is 1.91. The number of carbonyl (C=O) groups excluding carboxylic acids is 2. The molecule has 1 fully saturated rings. The first-order chi connectivity index (χ1) is 10.1. The number of thioether (sulfide) groups is 1. The number of carbonyl (C=O) groups is 2. The van der Waals surface area contributed by atoms with E-state index in [4.69, 9.17) is 4.74 Å². The van der Waals surface area contributed by atoms with E-state index in [1.54, 1.807) is 11.4 Å². The third-order valence-corrected chi connectivity index (χ3v) is 4.69. The van der Waals surface area contributed by atoms with Crippen molar-refractivity contribution >= 4 is 44.5 Å². The van der Waals surface area contributed by atoms with Gasteiger partial charge in [0.15, 0.2) is 0 Å². The lowest BCUT2D eigenvalue weighted by Crippen LogP contribution is -2.31. The molecule has 0 saturated carbocycles. The first-order valence-corrected chi connectivity index (χ1v) is 8.04. The number of esters is 1. The summed E-state index contributed by atoms with van der Waals surface area (Å²) in [5, 5.41) is 1.66. The molecule has 0 atom stereocenters. The molecule has 21 heavy (non-hydrogen) atoms. The zero-order chi connectivity index (χ0) is 14.8. The summed E-state index contributed by atoms with van der Waals surface area (Å²) >= 11 is 2.49. The van der Waals surface area contributed by atoms with Crippen LogP contribution in [0.4, 0.5) is 4.79 Å². The first-order valence-electron chi connectivity index (χ1n) is 6.17. The van der Waals surface area contributed by atoms with Gasteiger partial charge in [-0.2, -0.15) is 0 Å². The van der Waals surface area contributed by atoms with Crippen LogP contribution in [-0.4, -0.2) is 44.9 Å². The van der Waals surface area contributed by atoms with E-state index < -0.39 is 5.97 Å². The van der Waals surface area contributed by atoms with Crippen LogP contribution in [0.15, 0.2) is 16.2 Å². The number of thiophene rings is 1. The summed E-state index contributed by atoms with van der Waals surface area (Å²) in [5.41, 5.74) is 0.341. The number of ether oxygens (including phenoxy) is 1. The number of hydrogen-bond acceptors (Lipinski definition) is 7. The molecule has 0 radical (unpaired) electrons. The lowest BCUT2D eigenvalue weighted by atomic mass is 10.4. The van der Waals surface area contributed by atoms with Gasteiger partial charge >= 0.3 is 5.97 Å². The molecule has 1 aliphatic rings. The van der Waals surface area contributed by atoms with Crippen molar-refractivity contribution in [1.82, 2.24) is 14.9 Å². The van der Waals surface area contributed by atoms with Crippen molar-refractivity contribution in [2.24, 2.45) is 0 Å². The van der Waals surface area contributed by atoms with Gasteiger partial charge in [0.2, 0.25) is 0 Å². The van der Waals surface area contributed by atoms with Crippen molar-refractivity contribution in [2.45, 2.75) is 6.61 Å². The molecule has 1 amide bonds. The van der Waals surface area contributed by atoms with E-state index in [9.17, 15) is 14.4 Å². The number of amides is 1. The second-order valence-electron chi connectivity index (χ2n) is 4.34. The molecule has 3 heterocycles. The molecule has 1 N–H and O–H groups in total. The average molecular weight is 325 g/mol. The number of H-pyrrole nitrogens is 1. The van der Waals surface area contributed by atoms with Gasteiger partial charge in [0.25, 0.3) is 10.8 Å². The minimum Gasteiger partial charge on any atom is -0.456 e. The molecule has 7 nitrogen and oxygen atoms in total. The molecule has 2 aromatic heterocycles. The lowest BCUT2D eigenvalue weighted by molar-refractivity contribution is -0.145. The van der Waals surface area contributed by atoms with E-state index in [1.165, 1.54) is 28.0 Å². The number of nitrogens with one attached hydrogen (secondary N) is 1. The van der Waals surface area contributed by atoms with Gasteiger partial charge in [-0.1, -0.05) is 11.8 Å². The predicted molar refractivity (Wildman–Crippen MR) is 79.5 cm³/mol. The van der Waals surface area contributed by atoms with E-state index in [2.05, 4.69) is 9.97 Å². The van der Waals surface area contributed by atoms with Crippen LogP contribution in [0.25, 0.3) is 10.2 Å². The van der Waals surface area contributed by atoms with Gasteiger partial charge in [0, 0.05) is 12.3 Å². The highest BCUT2D eigenvalue weighted by molar-refractivity contribution is 8.13. The molecule has 0 spiro atoms. The van der Waals surface area contributed by atoms with Crippen molar-refractivity contribution in [3.63, 3.8) is 0 Å². The average Bonchev–Trinajstić information content (AvgIpc) is 3.06. The van der Waals surface area contributed by atoms with Crippen molar-refractivity contribution in [1.29, 1.82) is 0 Å². The van der Waals surface area contributed by atoms with E-state index in [0.29, 0.717) is 28.3 Å². The Morgan fingerprint density at radius 2 is 2.33 bits per heavy atom. The summed E-state index contributed by atoms with van der Waals surface area (Å²) in [6.45, 7) is 0.361. The highest BCUT2D eigenvalue weighted by Crippen LogP contribution is 2.17. The van der Waals surface area contributed by atoms with Crippen LogP contribution in [-0.2, 0) is 16.1 Å². The Morgan fingerprint density at radius 3 is 3.10 bits per heavy atom. The molecular weight excluding hydrogens is 314 g/mol. The first kappa shape index (κ1) is 14.1. The van der Waals surface area contributed by atoms with Gasteiger partial charge in [-0.3, -0.25) is 14.4 Å². The molecule has 0 aliphatic carbocycles. The maximum atomic E-state index is 11.7. The Bertz CT molecular complexity index is 754. The van der Waals surface area contributed by atoms with Crippen molar-refractivity contribution in [2.75, 3.05) is 18.8 Å². The monoisotopic (exact) mass is 325 g/mol. The topological polar surface area (TPSA) is 92.4 Å². The van der Waals surface area contributed by atoms with Gasteiger partial charge in [-0.05, 0) is 11.4 Å². The minimum absolute atomic E-state index is 0.0727. The highest BCUT2D eigenvalue weighted by Gasteiger charge is 2.23. The lowest BCUT2D eigenvalue weighted by Gasteiger charge is -2.13. The summed E-state index contributed by atoms with van der Waals surface area (Å²) in [7, 11) is 0. The largest absolute Gasteiger partial charge is 0.456 e. The molecule has 1 saturated heterocycles. The summed E-state index contributed by atoms with van der Waals surface area (Å²) < 4.78 is 5.59. The Balaban J connectivity index is 1.62. The molecule has 0 aromatic carbocycles.